The van der Waals surface area contributed by atoms with E-state index >= 15 is 0 Å². The summed E-state index contributed by atoms with van der Waals surface area (Å²) in [5, 5.41) is 53.8. The highest BCUT2D eigenvalue weighted by molar-refractivity contribution is 6.30. The normalized spacial score (nSPS) is 29.3. The van der Waals surface area contributed by atoms with Gasteiger partial charge in [0, 0.05) is 22.7 Å². The van der Waals surface area contributed by atoms with Crippen LogP contribution in [0.2, 0.25) is 5.02 Å². The molecular weight excluding hydrogens is 533 g/mol. The first-order valence-electron chi connectivity index (χ1n) is 11.7. The molecule has 5 rings (SSSR count). The molecule has 2 aliphatic heterocycles. The molecule has 2 fully saturated rings. The number of aromatic hydroxyl groups is 1. The van der Waals surface area contributed by atoms with Crippen LogP contribution in [0.4, 0.5) is 13.2 Å². The van der Waals surface area contributed by atoms with Crippen molar-refractivity contribution in [3.8, 4) is 17.0 Å². The minimum Gasteiger partial charge on any atom is -0.508 e. The molecule has 2 aromatic carbocycles. The number of ether oxygens (including phenoxy) is 2. The van der Waals surface area contributed by atoms with E-state index in [0.717, 1.165) is 16.8 Å². The molecular formula is C24H24ClF3N4O6. The number of phenolic OH excluding ortho intramolecular Hbond substituents is 1. The molecule has 14 heteroatoms. The first-order chi connectivity index (χ1) is 18.1. The van der Waals surface area contributed by atoms with Crippen LogP contribution in [0, 0.1) is 17.5 Å². The zero-order valence-electron chi connectivity index (χ0n) is 19.6. The van der Waals surface area contributed by atoms with Crippen molar-refractivity contribution >= 4 is 11.6 Å². The Morgan fingerprint density at radius 1 is 1.16 bits per heavy atom. The molecule has 38 heavy (non-hydrogen) atoms. The second-order valence-electron chi connectivity index (χ2n) is 9.17. The van der Waals surface area contributed by atoms with Gasteiger partial charge in [-0.1, -0.05) is 16.8 Å². The number of aromatic nitrogens is 3. The Kier molecular flexibility index (Phi) is 7.35. The summed E-state index contributed by atoms with van der Waals surface area (Å²) < 4.78 is 53.8. The van der Waals surface area contributed by atoms with E-state index in [2.05, 4.69) is 15.6 Å². The predicted octanol–water partition coefficient (Wildman–Crippen LogP) is 1.65. The van der Waals surface area contributed by atoms with Crippen LogP contribution < -0.4 is 5.32 Å². The first-order valence-corrected chi connectivity index (χ1v) is 12.1. The third kappa shape index (κ3) is 4.64. The average Bonchev–Trinajstić information content (AvgIpc) is 3.53. The van der Waals surface area contributed by atoms with Gasteiger partial charge in [0.05, 0.1) is 25.5 Å². The molecule has 0 radical (unpaired) electrons. The molecule has 0 bridgehead atoms. The number of phenols is 1. The van der Waals surface area contributed by atoms with Crippen molar-refractivity contribution in [2.24, 2.45) is 0 Å². The van der Waals surface area contributed by atoms with Crippen molar-refractivity contribution in [3.05, 3.63) is 64.6 Å². The van der Waals surface area contributed by atoms with Gasteiger partial charge in [-0.15, -0.1) is 5.10 Å². The number of aliphatic hydroxyl groups is 3. The molecule has 2 saturated heterocycles. The number of benzene rings is 2. The van der Waals surface area contributed by atoms with Crippen molar-refractivity contribution in [1.29, 1.82) is 0 Å². The first kappa shape index (κ1) is 26.8. The highest BCUT2D eigenvalue weighted by Crippen LogP contribution is 2.43. The lowest BCUT2D eigenvalue weighted by Gasteiger charge is -2.49. The molecule has 1 aromatic heterocycles. The highest BCUT2D eigenvalue weighted by Gasteiger charge is 2.61. The molecule has 1 spiro atoms. The molecule has 3 aromatic rings. The van der Waals surface area contributed by atoms with E-state index in [9.17, 15) is 33.6 Å². The Labute approximate surface area is 219 Å². The monoisotopic (exact) mass is 556 g/mol. The summed E-state index contributed by atoms with van der Waals surface area (Å²) in [6.45, 7) is -0.342. The maximum atomic E-state index is 13.8. The lowest BCUT2D eigenvalue weighted by atomic mass is 9.86. The van der Waals surface area contributed by atoms with E-state index in [1.54, 1.807) is 6.07 Å². The number of nitrogens with zero attached hydrogens (tertiary/aromatic N) is 3. The lowest BCUT2D eigenvalue weighted by Crippen LogP contribution is -2.68. The maximum absolute atomic E-state index is 13.8. The van der Waals surface area contributed by atoms with Gasteiger partial charge in [-0.3, -0.25) is 0 Å². The van der Waals surface area contributed by atoms with E-state index < -0.39 is 60.2 Å². The fourth-order valence-electron chi connectivity index (χ4n) is 4.94. The van der Waals surface area contributed by atoms with Crippen molar-refractivity contribution in [1.82, 2.24) is 20.3 Å². The minimum absolute atomic E-state index is 0.00493. The minimum atomic E-state index is -1.74. The summed E-state index contributed by atoms with van der Waals surface area (Å²) in [5.41, 5.74) is 0.316. The summed E-state index contributed by atoms with van der Waals surface area (Å²) >= 11 is 6.03. The van der Waals surface area contributed by atoms with E-state index in [-0.39, 0.29) is 30.2 Å². The van der Waals surface area contributed by atoms with Gasteiger partial charge in [-0.2, -0.15) is 0 Å². The molecule has 6 atom stereocenters. The SMILES string of the molecule is OC[C@H]1O[C@]2(OCC[C@H]2NCc2cc(Cl)ccc2O)[C@H](O)[C@@H](n2cc(-c3cc(F)c(F)c(F)c3)nn2)[C@H]1O. The van der Waals surface area contributed by atoms with Crippen LogP contribution in [-0.4, -0.2) is 78.8 Å². The number of aliphatic hydroxyl groups excluding tert-OH is 3. The molecule has 204 valence electrons. The van der Waals surface area contributed by atoms with Gasteiger partial charge in [0.15, 0.2) is 17.5 Å². The number of hydrogen-bond acceptors (Lipinski definition) is 9. The predicted molar refractivity (Wildman–Crippen MR) is 125 cm³/mol. The molecule has 3 heterocycles. The molecule has 0 unspecified atom stereocenters. The van der Waals surface area contributed by atoms with E-state index in [4.69, 9.17) is 21.1 Å². The second kappa shape index (κ2) is 10.4. The molecule has 0 amide bonds. The van der Waals surface area contributed by atoms with Gasteiger partial charge in [-0.05, 0) is 36.8 Å². The Morgan fingerprint density at radius 2 is 1.89 bits per heavy atom. The summed E-state index contributed by atoms with van der Waals surface area (Å²) in [5.74, 6) is -6.21. The van der Waals surface area contributed by atoms with Crippen LogP contribution in [0.5, 0.6) is 5.75 Å². The van der Waals surface area contributed by atoms with Crippen LogP contribution in [0.1, 0.15) is 18.0 Å². The van der Waals surface area contributed by atoms with Crippen LogP contribution in [0.25, 0.3) is 11.3 Å². The number of halogens is 4. The third-order valence-corrected chi connectivity index (χ3v) is 7.11. The van der Waals surface area contributed by atoms with Crippen LogP contribution in [0.15, 0.2) is 36.5 Å². The van der Waals surface area contributed by atoms with E-state index in [0.29, 0.717) is 17.0 Å². The third-order valence-electron chi connectivity index (χ3n) is 6.88. The molecule has 0 saturated carbocycles. The fourth-order valence-corrected chi connectivity index (χ4v) is 5.14. The maximum Gasteiger partial charge on any atom is 0.213 e. The molecule has 0 aliphatic carbocycles. The lowest BCUT2D eigenvalue weighted by molar-refractivity contribution is -0.345. The van der Waals surface area contributed by atoms with Crippen LogP contribution >= 0.6 is 11.6 Å². The van der Waals surface area contributed by atoms with Crippen molar-refractivity contribution in [2.75, 3.05) is 13.2 Å². The molecule has 10 nitrogen and oxygen atoms in total. The average molecular weight is 557 g/mol. The second-order valence-corrected chi connectivity index (χ2v) is 9.60. The summed E-state index contributed by atoms with van der Waals surface area (Å²) in [4.78, 5) is 0. The fraction of sp³-hybridized carbons (Fsp3) is 0.417. The van der Waals surface area contributed by atoms with Gasteiger partial charge >= 0.3 is 0 Å². The Bertz CT molecular complexity index is 1310. The number of hydrogen-bond donors (Lipinski definition) is 5. The van der Waals surface area contributed by atoms with Crippen molar-refractivity contribution < 1.29 is 43.1 Å². The molecule has 5 N–H and O–H groups in total. The Balaban J connectivity index is 1.45. The summed E-state index contributed by atoms with van der Waals surface area (Å²) in [6, 6.07) is 4.11. The summed E-state index contributed by atoms with van der Waals surface area (Å²) in [7, 11) is 0. The number of nitrogens with one attached hydrogen (secondary N) is 1. The Morgan fingerprint density at radius 3 is 2.61 bits per heavy atom. The van der Waals surface area contributed by atoms with Gasteiger partial charge < -0.3 is 35.2 Å². The van der Waals surface area contributed by atoms with Crippen molar-refractivity contribution in [2.45, 2.75) is 49.1 Å². The van der Waals surface area contributed by atoms with Crippen LogP contribution in [-0.2, 0) is 16.0 Å². The van der Waals surface area contributed by atoms with E-state index in [1.807, 2.05) is 0 Å². The standard InChI is InChI=1S/C24H24ClF3N4O6/c25-13-1-2-17(34)12(5-13)8-29-19-3-4-37-24(19)23(36)21(22(35)18(10-33)38-24)32-9-16(30-31-32)11-6-14(26)20(28)15(27)7-11/h1-2,5-7,9,18-19,21-23,29,33-36H,3-4,8,10H2/t18-,19-,21+,22+,23-,24+/m1/s1. The van der Waals surface area contributed by atoms with Gasteiger partial charge in [0.25, 0.3) is 0 Å². The van der Waals surface area contributed by atoms with E-state index in [1.165, 1.54) is 18.3 Å². The quantitative estimate of drug-likeness (QED) is 0.286. The largest absolute Gasteiger partial charge is 0.508 e. The van der Waals surface area contributed by atoms with Gasteiger partial charge in [0.2, 0.25) is 5.79 Å². The summed E-state index contributed by atoms with van der Waals surface area (Å²) in [6.07, 6.45) is -2.67. The van der Waals surface area contributed by atoms with Gasteiger partial charge in [0.1, 0.15) is 35.8 Å². The highest BCUT2D eigenvalue weighted by atomic mass is 35.5. The van der Waals surface area contributed by atoms with Gasteiger partial charge in [-0.25, -0.2) is 17.9 Å². The number of rotatable bonds is 6. The Hall–Kier alpha value is -2.78. The molecule has 2 aliphatic rings. The zero-order chi connectivity index (χ0) is 27.2. The van der Waals surface area contributed by atoms with Crippen LogP contribution in [0.3, 0.4) is 0 Å². The van der Waals surface area contributed by atoms with Crippen molar-refractivity contribution in [3.63, 3.8) is 0 Å². The zero-order valence-corrected chi connectivity index (χ0v) is 20.4. The topological polar surface area (TPSA) is 142 Å². The smallest absolute Gasteiger partial charge is 0.213 e.